The monoisotopic (exact) mass is 200 g/mol. The number of ether oxygens (including phenoxy) is 1. The van der Waals surface area contributed by atoms with Crippen LogP contribution in [0.3, 0.4) is 0 Å². The zero-order valence-electron chi connectivity index (χ0n) is 6.85. The van der Waals surface area contributed by atoms with E-state index in [-0.39, 0.29) is 0 Å². The first-order valence-corrected chi connectivity index (χ1v) is 4.25. The van der Waals surface area contributed by atoms with E-state index in [2.05, 4.69) is 9.73 Å². The molecule has 0 atom stereocenters. The maximum absolute atomic E-state index is 11.1. The lowest BCUT2D eigenvalue weighted by atomic mass is 10.4. The van der Waals surface area contributed by atoms with Crippen LogP contribution < -0.4 is 5.48 Å². The van der Waals surface area contributed by atoms with E-state index in [1.165, 1.54) is 18.4 Å². The van der Waals surface area contributed by atoms with Crippen LogP contribution in [0.4, 0.5) is 5.69 Å². The largest absolute Gasteiger partial charge is 0.465 e. The molecule has 0 fully saturated rings. The molecule has 6 heteroatoms. The molecule has 1 aromatic heterocycles. The van der Waals surface area contributed by atoms with Crippen molar-refractivity contribution in [3.05, 3.63) is 16.3 Å². The number of methoxy groups -OCH3 is 1. The third-order valence-electron chi connectivity index (χ3n) is 1.28. The van der Waals surface area contributed by atoms with Gasteiger partial charge in [-0.25, -0.2) is 9.79 Å². The van der Waals surface area contributed by atoms with Crippen LogP contribution in [0.5, 0.6) is 0 Å². The second-order valence-electron chi connectivity index (χ2n) is 2.01. The standard InChI is InChI=1S/C7H8N2O3S/c1-12-7(10)6-5(2-3-13-6)8-4-9-11/h2-4,11H,1H3,(H,8,9). The number of aliphatic imine (C=N–C) groups is 1. The summed E-state index contributed by atoms with van der Waals surface area (Å²) in [5, 5.41) is 9.96. The van der Waals surface area contributed by atoms with E-state index < -0.39 is 5.97 Å². The van der Waals surface area contributed by atoms with Crippen molar-refractivity contribution in [3.63, 3.8) is 0 Å². The number of hydrogen-bond acceptors (Lipinski definition) is 5. The van der Waals surface area contributed by atoms with Crippen LogP contribution in [-0.2, 0) is 4.74 Å². The first kappa shape index (κ1) is 9.69. The van der Waals surface area contributed by atoms with Crippen LogP contribution in [-0.4, -0.2) is 24.6 Å². The van der Waals surface area contributed by atoms with Crippen LogP contribution in [0, 0.1) is 0 Å². The number of nitrogens with one attached hydrogen (secondary N) is 1. The molecule has 0 saturated carbocycles. The molecule has 0 amide bonds. The Labute approximate surface area is 78.6 Å². The van der Waals surface area contributed by atoms with Gasteiger partial charge in [0.25, 0.3) is 0 Å². The fourth-order valence-electron chi connectivity index (χ4n) is 0.748. The van der Waals surface area contributed by atoms with Gasteiger partial charge in [0.05, 0.1) is 12.8 Å². The molecule has 1 aromatic rings. The zero-order valence-corrected chi connectivity index (χ0v) is 7.67. The Morgan fingerprint density at radius 1 is 1.85 bits per heavy atom. The van der Waals surface area contributed by atoms with Crippen molar-refractivity contribution in [2.45, 2.75) is 0 Å². The summed E-state index contributed by atoms with van der Waals surface area (Å²) in [4.78, 5) is 15.3. The van der Waals surface area contributed by atoms with Crippen LogP contribution in [0.25, 0.3) is 0 Å². The molecule has 2 N–H and O–H groups in total. The summed E-state index contributed by atoms with van der Waals surface area (Å²) in [5.41, 5.74) is 2.22. The van der Waals surface area contributed by atoms with Crippen molar-refractivity contribution >= 4 is 29.3 Å². The van der Waals surface area contributed by atoms with Crippen LogP contribution in [0.1, 0.15) is 9.67 Å². The van der Waals surface area contributed by atoms with Gasteiger partial charge in [0, 0.05) is 0 Å². The Hall–Kier alpha value is -1.40. The summed E-state index contributed by atoms with van der Waals surface area (Å²) in [7, 11) is 1.31. The van der Waals surface area contributed by atoms with Gasteiger partial charge in [-0.15, -0.1) is 11.3 Å². The van der Waals surface area contributed by atoms with Gasteiger partial charge in [-0.2, -0.15) is 0 Å². The number of nitrogens with zero attached hydrogens (tertiary/aromatic N) is 1. The lowest BCUT2D eigenvalue weighted by Crippen LogP contribution is -2.02. The molecule has 0 saturated heterocycles. The highest BCUT2D eigenvalue weighted by atomic mass is 32.1. The Bertz CT molecular complexity index is 321. The number of carbonyl (C=O) groups excluding carboxylic acids is 1. The predicted octanol–water partition coefficient (Wildman–Crippen LogP) is 1.17. The molecule has 1 heterocycles. The van der Waals surface area contributed by atoms with Gasteiger partial charge in [-0.05, 0) is 11.4 Å². The summed E-state index contributed by atoms with van der Waals surface area (Å²) in [6.07, 6.45) is 1.08. The molecule has 0 unspecified atom stereocenters. The highest BCUT2D eigenvalue weighted by Crippen LogP contribution is 2.25. The number of thiophene rings is 1. The van der Waals surface area contributed by atoms with Gasteiger partial charge >= 0.3 is 5.97 Å². The third kappa shape index (κ3) is 2.27. The minimum absolute atomic E-state index is 0.411. The lowest BCUT2D eigenvalue weighted by molar-refractivity contribution is 0.0607. The Morgan fingerprint density at radius 3 is 3.23 bits per heavy atom. The van der Waals surface area contributed by atoms with E-state index >= 15 is 0 Å². The van der Waals surface area contributed by atoms with E-state index in [1.807, 2.05) is 0 Å². The van der Waals surface area contributed by atoms with E-state index in [1.54, 1.807) is 16.9 Å². The van der Waals surface area contributed by atoms with Gasteiger partial charge in [0.1, 0.15) is 11.2 Å². The van der Waals surface area contributed by atoms with Gasteiger partial charge in [-0.3, -0.25) is 10.7 Å². The van der Waals surface area contributed by atoms with E-state index in [0.29, 0.717) is 10.6 Å². The first-order valence-electron chi connectivity index (χ1n) is 3.37. The average molecular weight is 200 g/mol. The number of rotatable bonds is 3. The van der Waals surface area contributed by atoms with Gasteiger partial charge < -0.3 is 4.74 Å². The van der Waals surface area contributed by atoms with E-state index in [0.717, 1.165) is 6.34 Å². The van der Waals surface area contributed by atoms with E-state index in [4.69, 9.17) is 5.21 Å². The second kappa shape index (κ2) is 4.58. The van der Waals surface area contributed by atoms with Gasteiger partial charge in [0.2, 0.25) is 0 Å². The highest BCUT2D eigenvalue weighted by molar-refractivity contribution is 7.12. The van der Waals surface area contributed by atoms with Gasteiger partial charge in [-0.1, -0.05) is 0 Å². The lowest BCUT2D eigenvalue weighted by Gasteiger charge is -1.95. The molecule has 0 aliphatic rings. The van der Waals surface area contributed by atoms with Crippen molar-refractivity contribution in [1.82, 2.24) is 5.48 Å². The Morgan fingerprint density at radius 2 is 2.62 bits per heavy atom. The number of hydroxylamine groups is 1. The fraction of sp³-hybridized carbons (Fsp3) is 0.143. The first-order chi connectivity index (χ1) is 6.29. The number of esters is 1. The molecule has 1 rings (SSSR count). The topological polar surface area (TPSA) is 70.9 Å². The van der Waals surface area contributed by atoms with Crippen LogP contribution in [0.2, 0.25) is 0 Å². The minimum atomic E-state index is -0.430. The van der Waals surface area contributed by atoms with Gasteiger partial charge in [0.15, 0.2) is 0 Å². The average Bonchev–Trinajstić information content (AvgIpc) is 2.61. The van der Waals surface area contributed by atoms with Crippen molar-refractivity contribution in [2.75, 3.05) is 7.11 Å². The molecule has 0 bridgehead atoms. The zero-order chi connectivity index (χ0) is 9.68. The molecule has 5 nitrogen and oxygen atoms in total. The normalized spacial score (nSPS) is 10.3. The predicted molar refractivity (Wildman–Crippen MR) is 48.7 cm³/mol. The van der Waals surface area contributed by atoms with Crippen molar-refractivity contribution in [3.8, 4) is 0 Å². The second-order valence-corrected chi connectivity index (χ2v) is 2.93. The summed E-state index contributed by atoms with van der Waals surface area (Å²) in [5.74, 6) is -0.430. The minimum Gasteiger partial charge on any atom is -0.465 e. The van der Waals surface area contributed by atoms with Crippen LogP contribution >= 0.6 is 11.3 Å². The van der Waals surface area contributed by atoms with Crippen LogP contribution in [0.15, 0.2) is 16.4 Å². The molecule has 0 radical (unpaired) electrons. The van der Waals surface area contributed by atoms with Crippen molar-refractivity contribution in [1.29, 1.82) is 0 Å². The molecular weight excluding hydrogens is 192 g/mol. The van der Waals surface area contributed by atoms with Crippen molar-refractivity contribution in [2.24, 2.45) is 4.99 Å². The van der Waals surface area contributed by atoms with Crippen molar-refractivity contribution < 1.29 is 14.7 Å². The molecular formula is C7H8N2O3S. The Kier molecular flexibility index (Phi) is 3.41. The fourth-order valence-corrected chi connectivity index (χ4v) is 1.50. The molecule has 0 aliphatic heterocycles. The summed E-state index contributed by atoms with van der Waals surface area (Å²) < 4.78 is 4.53. The molecule has 0 spiro atoms. The number of carbonyl (C=O) groups is 1. The molecule has 0 aromatic carbocycles. The SMILES string of the molecule is COC(=O)c1sccc1N=CNO. The maximum Gasteiger partial charge on any atom is 0.350 e. The smallest absolute Gasteiger partial charge is 0.350 e. The molecule has 13 heavy (non-hydrogen) atoms. The molecule has 0 aliphatic carbocycles. The third-order valence-corrected chi connectivity index (χ3v) is 2.16. The maximum atomic E-state index is 11.1. The quantitative estimate of drug-likeness (QED) is 0.332. The molecule has 70 valence electrons. The Balaban J connectivity index is 2.89. The summed E-state index contributed by atoms with van der Waals surface area (Å²) in [6, 6.07) is 1.66. The van der Waals surface area contributed by atoms with E-state index in [9.17, 15) is 4.79 Å². The summed E-state index contributed by atoms with van der Waals surface area (Å²) in [6.45, 7) is 0. The highest BCUT2D eigenvalue weighted by Gasteiger charge is 2.11. The summed E-state index contributed by atoms with van der Waals surface area (Å²) >= 11 is 1.23. The number of hydrogen-bond donors (Lipinski definition) is 2.